The van der Waals surface area contributed by atoms with Gasteiger partial charge < -0.3 is 29.8 Å². The number of anilines is 1. The SMILES string of the molecule is CCNC(=NCc1ccc(NC(=O)c2ccco2)cc1)NCc1ccc(OC)cc1OC. The fourth-order valence-corrected chi connectivity index (χ4v) is 2.98. The Labute approximate surface area is 187 Å². The summed E-state index contributed by atoms with van der Waals surface area (Å²) in [7, 11) is 3.26. The Kier molecular flexibility index (Phi) is 8.14. The number of guanidine groups is 1. The van der Waals surface area contributed by atoms with E-state index in [1.807, 2.05) is 49.4 Å². The molecule has 1 amide bonds. The second-order valence-corrected chi connectivity index (χ2v) is 6.85. The average molecular weight is 437 g/mol. The van der Waals surface area contributed by atoms with Crippen molar-refractivity contribution in [2.45, 2.75) is 20.0 Å². The molecule has 0 saturated carbocycles. The van der Waals surface area contributed by atoms with Crippen LogP contribution in [0.25, 0.3) is 0 Å². The Morgan fingerprint density at radius 3 is 2.50 bits per heavy atom. The minimum absolute atomic E-state index is 0.272. The number of carbonyl (C=O) groups excluding carboxylic acids is 1. The summed E-state index contributed by atoms with van der Waals surface area (Å²) in [5.41, 5.74) is 2.70. The van der Waals surface area contributed by atoms with E-state index in [1.54, 1.807) is 26.4 Å². The lowest BCUT2D eigenvalue weighted by Gasteiger charge is -2.14. The Bertz CT molecular complexity index is 1030. The molecule has 0 aliphatic carbocycles. The summed E-state index contributed by atoms with van der Waals surface area (Å²) in [6.07, 6.45) is 1.47. The Hall–Kier alpha value is -3.94. The van der Waals surface area contributed by atoms with E-state index >= 15 is 0 Å². The predicted molar refractivity (Wildman–Crippen MR) is 124 cm³/mol. The number of hydrogen-bond donors (Lipinski definition) is 3. The van der Waals surface area contributed by atoms with Crippen molar-refractivity contribution in [3.63, 3.8) is 0 Å². The third-order valence-corrected chi connectivity index (χ3v) is 4.66. The second-order valence-electron chi connectivity index (χ2n) is 6.85. The molecule has 0 saturated heterocycles. The molecule has 0 aliphatic heterocycles. The van der Waals surface area contributed by atoms with Gasteiger partial charge in [0.2, 0.25) is 0 Å². The number of methoxy groups -OCH3 is 2. The van der Waals surface area contributed by atoms with Crippen molar-refractivity contribution in [3.05, 3.63) is 77.7 Å². The zero-order chi connectivity index (χ0) is 22.8. The van der Waals surface area contributed by atoms with Crippen LogP contribution in [0.15, 0.2) is 70.3 Å². The van der Waals surface area contributed by atoms with Crippen LogP contribution in [0.3, 0.4) is 0 Å². The van der Waals surface area contributed by atoms with Gasteiger partial charge in [-0.1, -0.05) is 12.1 Å². The predicted octanol–water partition coefficient (Wildman–Crippen LogP) is 3.80. The topological polar surface area (TPSA) is 97.1 Å². The second kappa shape index (κ2) is 11.5. The molecule has 2 aromatic carbocycles. The summed E-state index contributed by atoms with van der Waals surface area (Å²) in [6.45, 7) is 3.79. The Morgan fingerprint density at radius 2 is 1.84 bits per heavy atom. The van der Waals surface area contributed by atoms with Gasteiger partial charge in [0.25, 0.3) is 5.91 Å². The van der Waals surface area contributed by atoms with Gasteiger partial charge in [-0.05, 0) is 48.9 Å². The van der Waals surface area contributed by atoms with Gasteiger partial charge in [0.05, 0.1) is 27.0 Å². The van der Waals surface area contributed by atoms with Gasteiger partial charge in [-0.2, -0.15) is 0 Å². The van der Waals surface area contributed by atoms with E-state index in [2.05, 4.69) is 20.9 Å². The largest absolute Gasteiger partial charge is 0.497 e. The van der Waals surface area contributed by atoms with E-state index in [-0.39, 0.29) is 11.7 Å². The number of furan rings is 1. The maximum absolute atomic E-state index is 12.1. The van der Waals surface area contributed by atoms with Gasteiger partial charge in [0.1, 0.15) is 11.5 Å². The molecule has 0 bridgehead atoms. The monoisotopic (exact) mass is 436 g/mol. The molecule has 0 spiro atoms. The molecule has 0 atom stereocenters. The van der Waals surface area contributed by atoms with Crippen molar-refractivity contribution >= 4 is 17.6 Å². The molecule has 8 nitrogen and oxygen atoms in total. The van der Waals surface area contributed by atoms with Gasteiger partial charge in [-0.25, -0.2) is 4.99 Å². The quantitative estimate of drug-likeness (QED) is 0.349. The summed E-state index contributed by atoms with van der Waals surface area (Å²) < 4.78 is 15.8. The Balaban J connectivity index is 1.59. The van der Waals surface area contributed by atoms with Crippen molar-refractivity contribution < 1.29 is 18.7 Å². The lowest BCUT2D eigenvalue weighted by Crippen LogP contribution is -2.36. The highest BCUT2D eigenvalue weighted by molar-refractivity contribution is 6.02. The summed E-state index contributed by atoms with van der Waals surface area (Å²) >= 11 is 0. The third-order valence-electron chi connectivity index (χ3n) is 4.66. The lowest BCUT2D eigenvalue weighted by molar-refractivity contribution is 0.0996. The standard InChI is InChI=1S/C24H28N4O4/c1-4-25-24(27-16-18-9-12-20(30-2)14-22(18)31-3)26-15-17-7-10-19(11-8-17)28-23(29)21-6-5-13-32-21/h5-14H,4,15-16H2,1-3H3,(H,28,29)(H2,25,26,27). The van der Waals surface area contributed by atoms with Crippen LogP contribution in [-0.2, 0) is 13.1 Å². The zero-order valence-corrected chi connectivity index (χ0v) is 18.5. The molecule has 3 aromatic rings. The van der Waals surface area contributed by atoms with E-state index in [0.29, 0.717) is 24.7 Å². The molecule has 8 heteroatoms. The fraction of sp³-hybridized carbons (Fsp3) is 0.250. The van der Waals surface area contributed by atoms with E-state index in [9.17, 15) is 4.79 Å². The molecule has 1 heterocycles. The van der Waals surface area contributed by atoms with Crippen molar-refractivity contribution in [1.29, 1.82) is 0 Å². The third kappa shape index (κ3) is 6.28. The number of carbonyl (C=O) groups is 1. The van der Waals surface area contributed by atoms with Crippen LogP contribution < -0.4 is 25.4 Å². The Morgan fingerprint density at radius 1 is 1.03 bits per heavy atom. The summed E-state index contributed by atoms with van der Waals surface area (Å²) in [4.78, 5) is 16.7. The highest BCUT2D eigenvalue weighted by atomic mass is 16.5. The first-order valence-corrected chi connectivity index (χ1v) is 10.3. The molecule has 0 unspecified atom stereocenters. The minimum atomic E-state index is -0.284. The first-order valence-electron chi connectivity index (χ1n) is 10.3. The number of rotatable bonds is 9. The van der Waals surface area contributed by atoms with Gasteiger partial charge in [-0.3, -0.25) is 4.79 Å². The maximum atomic E-state index is 12.1. The molecule has 0 fully saturated rings. The van der Waals surface area contributed by atoms with Crippen LogP contribution in [-0.4, -0.2) is 32.6 Å². The first kappa shape index (κ1) is 22.7. The van der Waals surface area contributed by atoms with Crippen LogP contribution in [0.2, 0.25) is 0 Å². The molecule has 168 valence electrons. The van der Waals surface area contributed by atoms with Crippen LogP contribution >= 0.6 is 0 Å². The molecule has 0 aliphatic rings. The molecule has 1 aromatic heterocycles. The van der Waals surface area contributed by atoms with Gasteiger partial charge >= 0.3 is 0 Å². The van der Waals surface area contributed by atoms with Crippen LogP contribution in [0, 0.1) is 0 Å². The van der Waals surface area contributed by atoms with Crippen molar-refractivity contribution in [3.8, 4) is 11.5 Å². The van der Waals surface area contributed by atoms with Gasteiger partial charge in [-0.15, -0.1) is 0 Å². The number of nitrogens with one attached hydrogen (secondary N) is 3. The maximum Gasteiger partial charge on any atom is 0.291 e. The fourth-order valence-electron chi connectivity index (χ4n) is 2.98. The number of nitrogens with zero attached hydrogens (tertiary/aromatic N) is 1. The highest BCUT2D eigenvalue weighted by Crippen LogP contribution is 2.24. The minimum Gasteiger partial charge on any atom is -0.497 e. The van der Waals surface area contributed by atoms with Crippen molar-refractivity contribution in [2.75, 3.05) is 26.1 Å². The summed E-state index contributed by atoms with van der Waals surface area (Å²) in [5.74, 6) is 2.18. The van der Waals surface area contributed by atoms with E-state index in [0.717, 1.165) is 29.2 Å². The summed E-state index contributed by atoms with van der Waals surface area (Å²) in [5, 5.41) is 9.37. The van der Waals surface area contributed by atoms with Gasteiger partial charge in [0, 0.05) is 30.4 Å². The molecule has 3 N–H and O–H groups in total. The van der Waals surface area contributed by atoms with Gasteiger partial charge in [0.15, 0.2) is 11.7 Å². The molecule has 3 rings (SSSR count). The number of amides is 1. The lowest BCUT2D eigenvalue weighted by atomic mass is 10.2. The van der Waals surface area contributed by atoms with Crippen LogP contribution in [0.1, 0.15) is 28.6 Å². The van der Waals surface area contributed by atoms with E-state index < -0.39 is 0 Å². The van der Waals surface area contributed by atoms with Crippen LogP contribution in [0.5, 0.6) is 11.5 Å². The van der Waals surface area contributed by atoms with E-state index in [4.69, 9.17) is 13.9 Å². The average Bonchev–Trinajstić information content (AvgIpc) is 3.37. The number of benzene rings is 2. The smallest absolute Gasteiger partial charge is 0.291 e. The molecule has 32 heavy (non-hydrogen) atoms. The highest BCUT2D eigenvalue weighted by Gasteiger charge is 2.09. The number of aliphatic imine (C=N–C) groups is 1. The molecule has 0 radical (unpaired) electrons. The summed E-state index contributed by atoms with van der Waals surface area (Å²) in [6, 6.07) is 16.6. The van der Waals surface area contributed by atoms with Crippen molar-refractivity contribution in [1.82, 2.24) is 10.6 Å². The zero-order valence-electron chi connectivity index (χ0n) is 18.5. The number of ether oxygens (including phenoxy) is 2. The number of hydrogen-bond acceptors (Lipinski definition) is 5. The first-order chi connectivity index (χ1) is 15.6. The molecular formula is C24H28N4O4. The van der Waals surface area contributed by atoms with Crippen molar-refractivity contribution in [2.24, 2.45) is 4.99 Å². The van der Waals surface area contributed by atoms with Crippen LogP contribution in [0.4, 0.5) is 5.69 Å². The van der Waals surface area contributed by atoms with E-state index in [1.165, 1.54) is 6.26 Å². The molecular weight excluding hydrogens is 408 g/mol. The normalized spacial score (nSPS) is 11.0.